The molecular formula is C16H21NO4. The van der Waals surface area contributed by atoms with E-state index in [-0.39, 0.29) is 12.3 Å². The van der Waals surface area contributed by atoms with Crippen molar-refractivity contribution in [3.63, 3.8) is 0 Å². The first-order valence-electron chi connectivity index (χ1n) is 7.09. The summed E-state index contributed by atoms with van der Waals surface area (Å²) >= 11 is 0. The normalized spacial score (nSPS) is 17.3. The molecule has 0 bridgehead atoms. The maximum Gasteiger partial charge on any atom is 0.309 e. The molecule has 0 aliphatic carbocycles. The second kappa shape index (κ2) is 6.16. The van der Waals surface area contributed by atoms with Gasteiger partial charge in [-0.15, -0.1) is 0 Å². The van der Waals surface area contributed by atoms with Gasteiger partial charge in [-0.25, -0.2) is 0 Å². The molecule has 1 aromatic rings. The highest BCUT2D eigenvalue weighted by atomic mass is 16.5. The third-order valence-corrected chi connectivity index (χ3v) is 4.27. The SMILES string of the molecule is COc1ccccc1CC(=O)N1CCC(C)(C(=O)O)CC1. The molecule has 1 amide bonds. The Hall–Kier alpha value is -2.04. The predicted molar refractivity (Wildman–Crippen MR) is 78.3 cm³/mol. The van der Waals surface area contributed by atoms with Gasteiger partial charge in [-0.2, -0.15) is 0 Å². The number of para-hydroxylation sites is 1. The number of hydrogen-bond acceptors (Lipinski definition) is 3. The summed E-state index contributed by atoms with van der Waals surface area (Å²) in [7, 11) is 1.59. The first-order valence-corrected chi connectivity index (χ1v) is 7.09. The summed E-state index contributed by atoms with van der Waals surface area (Å²) in [6.45, 7) is 2.74. The summed E-state index contributed by atoms with van der Waals surface area (Å²) in [5, 5.41) is 9.21. The van der Waals surface area contributed by atoms with Gasteiger partial charge in [0.05, 0.1) is 18.9 Å². The third-order valence-electron chi connectivity index (χ3n) is 4.27. The van der Waals surface area contributed by atoms with Crippen LogP contribution in [0.4, 0.5) is 0 Å². The minimum atomic E-state index is -0.778. The molecule has 0 radical (unpaired) electrons. The monoisotopic (exact) mass is 291 g/mol. The van der Waals surface area contributed by atoms with Gasteiger partial charge in [0.1, 0.15) is 5.75 Å². The number of methoxy groups -OCH3 is 1. The Morgan fingerprint density at radius 3 is 2.48 bits per heavy atom. The van der Waals surface area contributed by atoms with Crippen LogP contribution in [0.3, 0.4) is 0 Å². The van der Waals surface area contributed by atoms with Crippen molar-refractivity contribution in [1.82, 2.24) is 4.90 Å². The van der Waals surface area contributed by atoms with Gasteiger partial charge < -0.3 is 14.7 Å². The van der Waals surface area contributed by atoms with Gasteiger partial charge in [-0.3, -0.25) is 9.59 Å². The molecule has 0 aromatic heterocycles. The average Bonchev–Trinajstić information content (AvgIpc) is 2.48. The Labute approximate surface area is 124 Å². The lowest BCUT2D eigenvalue weighted by Gasteiger charge is -2.36. The average molecular weight is 291 g/mol. The highest BCUT2D eigenvalue weighted by Crippen LogP contribution is 2.31. The Morgan fingerprint density at radius 1 is 1.29 bits per heavy atom. The van der Waals surface area contributed by atoms with Gasteiger partial charge in [0, 0.05) is 18.7 Å². The molecule has 21 heavy (non-hydrogen) atoms. The van der Waals surface area contributed by atoms with E-state index in [1.165, 1.54) is 0 Å². The number of aliphatic carboxylic acids is 1. The molecule has 0 unspecified atom stereocenters. The van der Waals surface area contributed by atoms with Gasteiger partial charge in [0.2, 0.25) is 5.91 Å². The lowest BCUT2D eigenvalue weighted by atomic mass is 9.80. The van der Waals surface area contributed by atoms with E-state index in [9.17, 15) is 14.7 Å². The lowest BCUT2D eigenvalue weighted by molar-refractivity contribution is -0.152. The summed E-state index contributed by atoms with van der Waals surface area (Å²) in [5.41, 5.74) is 0.151. The minimum Gasteiger partial charge on any atom is -0.496 e. The van der Waals surface area contributed by atoms with Crippen LogP contribution >= 0.6 is 0 Å². The number of rotatable bonds is 4. The van der Waals surface area contributed by atoms with Gasteiger partial charge >= 0.3 is 5.97 Å². The van der Waals surface area contributed by atoms with E-state index in [0.717, 1.165) is 5.56 Å². The maximum atomic E-state index is 12.3. The number of carbonyl (C=O) groups excluding carboxylic acids is 1. The van der Waals surface area contributed by atoms with Crippen LogP contribution in [0.25, 0.3) is 0 Å². The number of ether oxygens (including phenoxy) is 1. The zero-order valence-electron chi connectivity index (χ0n) is 12.5. The Morgan fingerprint density at radius 2 is 1.90 bits per heavy atom. The van der Waals surface area contributed by atoms with E-state index in [0.29, 0.717) is 31.7 Å². The van der Waals surface area contributed by atoms with Crippen LogP contribution in [0.15, 0.2) is 24.3 Å². The van der Waals surface area contributed by atoms with E-state index in [2.05, 4.69) is 0 Å². The molecule has 1 saturated heterocycles. The van der Waals surface area contributed by atoms with E-state index >= 15 is 0 Å². The summed E-state index contributed by atoms with van der Waals surface area (Å²) in [6, 6.07) is 7.46. The van der Waals surface area contributed by atoms with E-state index < -0.39 is 11.4 Å². The number of benzene rings is 1. The lowest BCUT2D eigenvalue weighted by Crippen LogP contribution is -2.45. The van der Waals surface area contributed by atoms with Gasteiger partial charge in [-0.05, 0) is 25.8 Å². The number of nitrogens with zero attached hydrogens (tertiary/aromatic N) is 1. The molecule has 0 spiro atoms. The molecule has 1 aliphatic rings. The Bertz CT molecular complexity index is 533. The van der Waals surface area contributed by atoms with Crippen LogP contribution in [0.2, 0.25) is 0 Å². The molecule has 2 rings (SSSR count). The van der Waals surface area contributed by atoms with Crippen molar-refractivity contribution < 1.29 is 19.4 Å². The van der Waals surface area contributed by atoms with Crippen LogP contribution < -0.4 is 4.74 Å². The molecule has 5 nitrogen and oxygen atoms in total. The van der Waals surface area contributed by atoms with E-state index in [1.54, 1.807) is 18.9 Å². The first-order chi connectivity index (χ1) is 9.96. The fourth-order valence-corrected chi connectivity index (χ4v) is 2.59. The molecule has 1 heterocycles. The fraction of sp³-hybridized carbons (Fsp3) is 0.500. The Balaban J connectivity index is 1.98. The molecule has 114 valence electrons. The highest BCUT2D eigenvalue weighted by molar-refractivity contribution is 5.80. The van der Waals surface area contributed by atoms with Crippen molar-refractivity contribution in [2.24, 2.45) is 5.41 Å². The second-order valence-electron chi connectivity index (χ2n) is 5.74. The topological polar surface area (TPSA) is 66.8 Å². The van der Waals surface area contributed by atoms with Crippen molar-refractivity contribution in [3.8, 4) is 5.75 Å². The number of carboxylic acid groups (broad SMARTS) is 1. The van der Waals surface area contributed by atoms with Crippen LogP contribution in [-0.2, 0) is 16.0 Å². The molecule has 1 aliphatic heterocycles. The molecule has 1 N–H and O–H groups in total. The van der Waals surface area contributed by atoms with Crippen molar-refractivity contribution >= 4 is 11.9 Å². The zero-order valence-corrected chi connectivity index (χ0v) is 12.5. The van der Waals surface area contributed by atoms with Crippen molar-refractivity contribution in [1.29, 1.82) is 0 Å². The predicted octanol–water partition coefficient (Wildman–Crippen LogP) is 1.95. The quantitative estimate of drug-likeness (QED) is 0.920. The molecule has 0 saturated carbocycles. The number of carbonyl (C=O) groups is 2. The summed E-state index contributed by atoms with van der Waals surface area (Å²) < 4.78 is 5.25. The van der Waals surface area contributed by atoms with Crippen LogP contribution in [0.5, 0.6) is 5.75 Å². The largest absolute Gasteiger partial charge is 0.496 e. The van der Waals surface area contributed by atoms with Crippen molar-refractivity contribution in [2.75, 3.05) is 20.2 Å². The van der Waals surface area contributed by atoms with Crippen LogP contribution in [-0.4, -0.2) is 42.1 Å². The summed E-state index contributed by atoms with van der Waals surface area (Å²) in [6.07, 6.45) is 1.29. The van der Waals surface area contributed by atoms with Gasteiger partial charge in [0.15, 0.2) is 0 Å². The number of likely N-dealkylation sites (tertiary alicyclic amines) is 1. The fourth-order valence-electron chi connectivity index (χ4n) is 2.59. The number of amides is 1. The second-order valence-corrected chi connectivity index (χ2v) is 5.74. The molecule has 1 fully saturated rings. The van der Waals surface area contributed by atoms with Crippen molar-refractivity contribution in [2.45, 2.75) is 26.2 Å². The van der Waals surface area contributed by atoms with Gasteiger partial charge in [0.25, 0.3) is 0 Å². The zero-order chi connectivity index (χ0) is 15.5. The first kappa shape index (κ1) is 15.4. The molecular weight excluding hydrogens is 270 g/mol. The minimum absolute atomic E-state index is 0.0203. The van der Waals surface area contributed by atoms with E-state index in [1.807, 2.05) is 24.3 Å². The summed E-state index contributed by atoms with van der Waals surface area (Å²) in [4.78, 5) is 25.3. The molecule has 0 atom stereocenters. The third kappa shape index (κ3) is 3.35. The van der Waals surface area contributed by atoms with Crippen molar-refractivity contribution in [3.05, 3.63) is 29.8 Å². The maximum absolute atomic E-state index is 12.3. The number of carboxylic acids is 1. The standard InChI is InChI=1S/C16H21NO4/c1-16(15(19)20)7-9-17(10-8-16)14(18)11-12-5-3-4-6-13(12)21-2/h3-6H,7-11H2,1-2H3,(H,19,20). The Kier molecular flexibility index (Phi) is 4.50. The molecule has 5 heteroatoms. The van der Waals surface area contributed by atoms with Crippen LogP contribution in [0, 0.1) is 5.41 Å². The van der Waals surface area contributed by atoms with E-state index in [4.69, 9.17) is 4.74 Å². The smallest absolute Gasteiger partial charge is 0.309 e. The number of piperidine rings is 1. The summed E-state index contributed by atoms with van der Waals surface area (Å²) in [5.74, 6) is -0.0514. The highest BCUT2D eigenvalue weighted by Gasteiger charge is 2.37. The van der Waals surface area contributed by atoms with Gasteiger partial charge in [-0.1, -0.05) is 18.2 Å². The number of hydrogen-bond donors (Lipinski definition) is 1. The molecule has 1 aromatic carbocycles. The van der Waals surface area contributed by atoms with Crippen LogP contribution in [0.1, 0.15) is 25.3 Å².